The molecule has 1 aromatic carbocycles. The van der Waals surface area contributed by atoms with Crippen LogP contribution < -0.4 is 10.6 Å². The SMILES string of the molecule is CC(Cc1ccc2c(c1)CCN2)NCCCN1CCOCC1. The number of hydrogen-bond donors (Lipinski definition) is 2. The summed E-state index contributed by atoms with van der Waals surface area (Å²) in [6.45, 7) is 9.67. The van der Waals surface area contributed by atoms with Gasteiger partial charge in [-0.3, -0.25) is 4.90 Å². The molecule has 4 heteroatoms. The molecular formula is C18H29N3O. The molecule has 2 N–H and O–H groups in total. The molecule has 1 aromatic rings. The van der Waals surface area contributed by atoms with Gasteiger partial charge >= 0.3 is 0 Å². The van der Waals surface area contributed by atoms with E-state index >= 15 is 0 Å². The second-order valence-electron chi connectivity index (χ2n) is 6.54. The number of benzene rings is 1. The third kappa shape index (κ3) is 4.45. The number of ether oxygens (including phenoxy) is 1. The molecule has 3 rings (SSSR count). The maximum absolute atomic E-state index is 5.38. The van der Waals surface area contributed by atoms with Crippen LogP contribution >= 0.6 is 0 Å². The number of nitrogens with zero attached hydrogens (tertiary/aromatic N) is 1. The van der Waals surface area contributed by atoms with Gasteiger partial charge in [0.2, 0.25) is 0 Å². The summed E-state index contributed by atoms with van der Waals surface area (Å²) in [7, 11) is 0. The van der Waals surface area contributed by atoms with E-state index in [9.17, 15) is 0 Å². The summed E-state index contributed by atoms with van der Waals surface area (Å²) in [5.74, 6) is 0. The molecule has 2 aliphatic rings. The van der Waals surface area contributed by atoms with Crippen LogP contribution in [-0.2, 0) is 17.6 Å². The Hall–Kier alpha value is -1.10. The van der Waals surface area contributed by atoms with Crippen molar-refractivity contribution in [2.75, 3.05) is 51.3 Å². The zero-order valence-corrected chi connectivity index (χ0v) is 13.7. The van der Waals surface area contributed by atoms with Gasteiger partial charge in [0.05, 0.1) is 13.2 Å². The summed E-state index contributed by atoms with van der Waals surface area (Å²) in [6.07, 6.45) is 3.51. The summed E-state index contributed by atoms with van der Waals surface area (Å²) in [5.41, 5.74) is 4.27. The lowest BCUT2D eigenvalue weighted by Crippen LogP contribution is -2.38. The lowest BCUT2D eigenvalue weighted by molar-refractivity contribution is 0.0374. The van der Waals surface area contributed by atoms with E-state index in [-0.39, 0.29) is 0 Å². The molecule has 0 saturated carbocycles. The van der Waals surface area contributed by atoms with Gasteiger partial charge in [-0.1, -0.05) is 12.1 Å². The molecule has 2 aliphatic heterocycles. The minimum Gasteiger partial charge on any atom is -0.384 e. The number of rotatable bonds is 7. The number of hydrogen-bond acceptors (Lipinski definition) is 4. The van der Waals surface area contributed by atoms with Crippen molar-refractivity contribution in [1.82, 2.24) is 10.2 Å². The monoisotopic (exact) mass is 303 g/mol. The Morgan fingerprint density at radius 3 is 3.05 bits per heavy atom. The van der Waals surface area contributed by atoms with Crippen LogP contribution in [0.1, 0.15) is 24.5 Å². The highest BCUT2D eigenvalue weighted by Gasteiger charge is 2.12. The van der Waals surface area contributed by atoms with E-state index in [1.807, 2.05) is 0 Å². The van der Waals surface area contributed by atoms with Crippen LogP contribution in [0.25, 0.3) is 0 Å². The van der Waals surface area contributed by atoms with Crippen LogP contribution in [0.4, 0.5) is 5.69 Å². The molecule has 1 saturated heterocycles. The van der Waals surface area contributed by atoms with Crippen molar-refractivity contribution >= 4 is 5.69 Å². The van der Waals surface area contributed by atoms with Gasteiger partial charge in [-0.15, -0.1) is 0 Å². The highest BCUT2D eigenvalue weighted by molar-refractivity contribution is 5.56. The molecule has 0 bridgehead atoms. The fourth-order valence-corrected chi connectivity index (χ4v) is 3.39. The van der Waals surface area contributed by atoms with Gasteiger partial charge in [0, 0.05) is 31.4 Å². The Kier molecular flexibility index (Phi) is 5.70. The molecule has 0 spiro atoms. The zero-order chi connectivity index (χ0) is 15.2. The van der Waals surface area contributed by atoms with Crippen molar-refractivity contribution in [3.05, 3.63) is 29.3 Å². The average molecular weight is 303 g/mol. The quantitative estimate of drug-likeness (QED) is 0.754. The van der Waals surface area contributed by atoms with Crippen LogP contribution in [0, 0.1) is 0 Å². The Labute approximate surface area is 134 Å². The van der Waals surface area contributed by atoms with E-state index in [1.54, 1.807) is 0 Å². The van der Waals surface area contributed by atoms with Gasteiger partial charge in [0.15, 0.2) is 0 Å². The van der Waals surface area contributed by atoms with E-state index in [4.69, 9.17) is 4.74 Å². The fraction of sp³-hybridized carbons (Fsp3) is 0.667. The molecule has 22 heavy (non-hydrogen) atoms. The average Bonchev–Trinajstić information content (AvgIpc) is 3.00. The second-order valence-corrected chi connectivity index (χ2v) is 6.54. The van der Waals surface area contributed by atoms with Gasteiger partial charge in [-0.05, 0) is 56.5 Å². The van der Waals surface area contributed by atoms with Crippen LogP contribution in [-0.4, -0.2) is 56.9 Å². The van der Waals surface area contributed by atoms with Gasteiger partial charge in [0.1, 0.15) is 0 Å². The van der Waals surface area contributed by atoms with E-state index < -0.39 is 0 Å². The fourth-order valence-electron chi connectivity index (χ4n) is 3.39. The largest absolute Gasteiger partial charge is 0.384 e. The van der Waals surface area contributed by atoms with Crippen molar-refractivity contribution in [3.8, 4) is 0 Å². The summed E-state index contributed by atoms with van der Waals surface area (Å²) >= 11 is 0. The highest BCUT2D eigenvalue weighted by atomic mass is 16.5. The van der Waals surface area contributed by atoms with Gasteiger partial charge < -0.3 is 15.4 Å². The molecule has 4 nitrogen and oxygen atoms in total. The van der Waals surface area contributed by atoms with E-state index in [1.165, 1.54) is 36.2 Å². The lowest BCUT2D eigenvalue weighted by Gasteiger charge is -2.26. The summed E-state index contributed by atoms with van der Waals surface area (Å²) in [4.78, 5) is 2.50. The predicted molar refractivity (Wildman–Crippen MR) is 91.7 cm³/mol. The van der Waals surface area contributed by atoms with Gasteiger partial charge in [0.25, 0.3) is 0 Å². The predicted octanol–water partition coefficient (Wildman–Crippen LogP) is 1.90. The molecular weight excluding hydrogens is 274 g/mol. The number of nitrogens with one attached hydrogen (secondary N) is 2. The first kappa shape index (κ1) is 15.8. The highest BCUT2D eigenvalue weighted by Crippen LogP contribution is 2.23. The molecule has 1 fully saturated rings. The number of anilines is 1. The lowest BCUT2D eigenvalue weighted by atomic mass is 10.0. The minimum absolute atomic E-state index is 0.539. The van der Waals surface area contributed by atoms with Crippen molar-refractivity contribution in [1.29, 1.82) is 0 Å². The molecule has 2 heterocycles. The Morgan fingerprint density at radius 1 is 1.32 bits per heavy atom. The first-order valence-electron chi connectivity index (χ1n) is 8.70. The summed E-state index contributed by atoms with van der Waals surface area (Å²) in [5, 5.41) is 7.09. The zero-order valence-electron chi connectivity index (χ0n) is 13.7. The normalized spacial score (nSPS) is 19.7. The maximum atomic E-state index is 5.38. The van der Waals surface area contributed by atoms with E-state index in [0.717, 1.165) is 45.8 Å². The maximum Gasteiger partial charge on any atom is 0.0594 e. The summed E-state index contributed by atoms with van der Waals surface area (Å²) < 4.78 is 5.38. The summed E-state index contributed by atoms with van der Waals surface area (Å²) in [6, 6.07) is 7.42. The number of morpholine rings is 1. The van der Waals surface area contributed by atoms with Crippen LogP contribution in [0.5, 0.6) is 0 Å². The van der Waals surface area contributed by atoms with E-state index in [2.05, 4.69) is 40.7 Å². The van der Waals surface area contributed by atoms with Crippen molar-refractivity contribution < 1.29 is 4.74 Å². The molecule has 122 valence electrons. The van der Waals surface area contributed by atoms with E-state index in [0.29, 0.717) is 6.04 Å². The Morgan fingerprint density at radius 2 is 2.18 bits per heavy atom. The van der Waals surface area contributed by atoms with Gasteiger partial charge in [-0.25, -0.2) is 0 Å². The smallest absolute Gasteiger partial charge is 0.0594 e. The second kappa shape index (κ2) is 7.95. The first-order valence-corrected chi connectivity index (χ1v) is 8.70. The molecule has 0 amide bonds. The molecule has 1 unspecified atom stereocenters. The van der Waals surface area contributed by atoms with Gasteiger partial charge in [-0.2, -0.15) is 0 Å². The van der Waals surface area contributed by atoms with Crippen molar-refractivity contribution in [2.45, 2.75) is 32.2 Å². The molecule has 0 aliphatic carbocycles. The topological polar surface area (TPSA) is 36.5 Å². The van der Waals surface area contributed by atoms with Crippen LogP contribution in [0.15, 0.2) is 18.2 Å². The third-order valence-corrected chi connectivity index (χ3v) is 4.67. The molecule has 0 radical (unpaired) electrons. The number of fused-ring (bicyclic) bond motifs is 1. The Balaban J connectivity index is 1.34. The van der Waals surface area contributed by atoms with Crippen LogP contribution in [0.2, 0.25) is 0 Å². The Bertz CT molecular complexity index is 471. The first-order chi connectivity index (χ1) is 10.8. The molecule has 0 aromatic heterocycles. The molecule has 1 atom stereocenters. The van der Waals surface area contributed by atoms with Crippen LogP contribution in [0.3, 0.4) is 0 Å². The van der Waals surface area contributed by atoms with Crippen molar-refractivity contribution in [3.63, 3.8) is 0 Å². The minimum atomic E-state index is 0.539. The standard InChI is InChI=1S/C18H29N3O/c1-15(19-6-2-8-21-9-11-22-12-10-21)13-16-3-4-18-17(14-16)5-7-20-18/h3-4,14-15,19-20H,2,5-13H2,1H3. The van der Waals surface area contributed by atoms with Crippen molar-refractivity contribution in [2.24, 2.45) is 0 Å². The third-order valence-electron chi connectivity index (χ3n) is 4.67.